The van der Waals surface area contributed by atoms with E-state index in [1.165, 1.54) is 5.56 Å². The molecule has 2 N–H and O–H groups in total. The van der Waals surface area contributed by atoms with Gasteiger partial charge in [0.15, 0.2) is 5.96 Å². The number of nitrogens with one attached hydrogen (secondary N) is 2. The Morgan fingerprint density at radius 3 is 2.59 bits per heavy atom. The summed E-state index contributed by atoms with van der Waals surface area (Å²) in [4.78, 5) is 4.39. The Balaban J connectivity index is 1.91. The van der Waals surface area contributed by atoms with E-state index in [2.05, 4.69) is 41.6 Å². The summed E-state index contributed by atoms with van der Waals surface area (Å²) in [5.74, 6) is 2.45. The Morgan fingerprint density at radius 1 is 1.30 bits per heavy atom. The van der Waals surface area contributed by atoms with Crippen LogP contribution >= 0.6 is 0 Å². The van der Waals surface area contributed by atoms with Crippen LogP contribution < -0.4 is 15.4 Å². The number of hydrogen-bond acceptors (Lipinski definition) is 3. The fraction of sp³-hybridized carbons (Fsp3) is 0.667. The smallest absolute Gasteiger partial charge is 0.191 e. The Hall–Kier alpha value is -1.56. The van der Waals surface area contributed by atoms with E-state index in [0.717, 1.165) is 49.7 Å². The molecule has 0 aromatic heterocycles. The van der Waals surface area contributed by atoms with Gasteiger partial charge in [0.1, 0.15) is 5.75 Å². The van der Waals surface area contributed by atoms with E-state index in [-0.39, 0.29) is 5.41 Å². The van der Waals surface area contributed by atoms with Crippen LogP contribution in [0.4, 0.5) is 0 Å². The van der Waals surface area contributed by atoms with E-state index in [9.17, 15) is 4.21 Å². The molecule has 3 unspecified atom stereocenters. The van der Waals surface area contributed by atoms with Crippen molar-refractivity contribution in [3.8, 4) is 5.75 Å². The van der Waals surface area contributed by atoms with Crippen molar-refractivity contribution < 1.29 is 8.95 Å². The minimum absolute atomic E-state index is 0.0390. The van der Waals surface area contributed by atoms with E-state index in [1.54, 1.807) is 14.2 Å². The molecule has 0 aliphatic heterocycles. The molecule has 1 aromatic rings. The number of nitrogens with zero attached hydrogens (tertiary/aromatic N) is 1. The first-order chi connectivity index (χ1) is 12.9. The molecule has 1 saturated carbocycles. The molecule has 3 atom stereocenters. The molecule has 0 heterocycles. The highest BCUT2D eigenvalue weighted by Gasteiger charge is 2.27. The van der Waals surface area contributed by atoms with Crippen LogP contribution in [-0.4, -0.2) is 47.9 Å². The summed E-state index contributed by atoms with van der Waals surface area (Å²) in [5, 5.41) is 7.33. The second kappa shape index (κ2) is 10.1. The predicted octanol–water partition coefficient (Wildman–Crippen LogP) is 3.22. The third kappa shape index (κ3) is 6.23. The summed E-state index contributed by atoms with van der Waals surface area (Å²) in [6.07, 6.45) is 4.28. The van der Waals surface area contributed by atoms with Gasteiger partial charge in [0.25, 0.3) is 0 Å². The molecule has 27 heavy (non-hydrogen) atoms. The zero-order valence-electron chi connectivity index (χ0n) is 17.4. The zero-order valence-corrected chi connectivity index (χ0v) is 18.2. The fourth-order valence-corrected chi connectivity index (χ4v) is 4.94. The molecule has 0 spiro atoms. The van der Waals surface area contributed by atoms with Crippen molar-refractivity contribution in [1.29, 1.82) is 0 Å². The number of rotatable bonds is 7. The fourth-order valence-electron chi connectivity index (χ4n) is 3.59. The highest BCUT2D eigenvalue weighted by molar-refractivity contribution is 7.85. The molecule has 152 valence electrons. The molecular weight excluding hydrogens is 358 g/mol. The van der Waals surface area contributed by atoms with Gasteiger partial charge in [-0.1, -0.05) is 39.3 Å². The third-order valence-electron chi connectivity index (χ3n) is 5.42. The van der Waals surface area contributed by atoms with Gasteiger partial charge < -0.3 is 15.4 Å². The van der Waals surface area contributed by atoms with Crippen molar-refractivity contribution in [3.05, 3.63) is 29.8 Å². The maximum Gasteiger partial charge on any atom is 0.191 e. The number of aliphatic imine (C=N–C) groups is 1. The number of ether oxygens (including phenoxy) is 1. The highest BCUT2D eigenvalue weighted by atomic mass is 32.2. The standard InChI is InChI=1S/C21H35N3O2S/c1-6-27(25)19-9-7-8-17(14-19)24-20(22-4)23-15-21(2,3)16-10-12-18(26-5)13-11-16/h10-13,17,19H,6-9,14-15H2,1-5H3,(H2,22,23,24). The average molecular weight is 394 g/mol. The Kier molecular flexibility index (Phi) is 8.14. The van der Waals surface area contributed by atoms with Crippen LogP contribution in [0.1, 0.15) is 52.0 Å². The topological polar surface area (TPSA) is 62.7 Å². The molecule has 1 aromatic carbocycles. The van der Waals surface area contributed by atoms with Gasteiger partial charge in [-0.25, -0.2) is 0 Å². The monoisotopic (exact) mass is 393 g/mol. The number of methoxy groups -OCH3 is 1. The maximum absolute atomic E-state index is 12.2. The van der Waals surface area contributed by atoms with Crippen molar-refractivity contribution in [1.82, 2.24) is 10.6 Å². The third-order valence-corrected chi connectivity index (χ3v) is 7.16. The van der Waals surface area contributed by atoms with Crippen LogP contribution in [-0.2, 0) is 16.2 Å². The van der Waals surface area contributed by atoms with Crippen LogP contribution in [0.2, 0.25) is 0 Å². The minimum Gasteiger partial charge on any atom is -0.497 e. The van der Waals surface area contributed by atoms with Crippen LogP contribution in [0.25, 0.3) is 0 Å². The van der Waals surface area contributed by atoms with Gasteiger partial charge in [0.2, 0.25) is 0 Å². The molecule has 2 rings (SSSR count). The summed E-state index contributed by atoms with van der Waals surface area (Å²) in [7, 11) is 2.78. The Bertz CT molecular complexity index is 643. The summed E-state index contributed by atoms with van der Waals surface area (Å²) >= 11 is 0. The van der Waals surface area contributed by atoms with Crippen LogP contribution in [0.3, 0.4) is 0 Å². The Morgan fingerprint density at radius 2 is 2.00 bits per heavy atom. The van der Waals surface area contributed by atoms with Gasteiger partial charge in [-0.05, 0) is 37.0 Å². The number of hydrogen-bond donors (Lipinski definition) is 2. The first kappa shape index (κ1) is 21.7. The van der Waals surface area contributed by atoms with Crippen LogP contribution in [0.15, 0.2) is 29.3 Å². The van der Waals surface area contributed by atoms with Crippen molar-refractivity contribution >= 4 is 16.8 Å². The second-order valence-electron chi connectivity index (χ2n) is 7.84. The van der Waals surface area contributed by atoms with Crippen LogP contribution in [0, 0.1) is 0 Å². The van der Waals surface area contributed by atoms with Gasteiger partial charge >= 0.3 is 0 Å². The molecule has 1 aliphatic rings. The largest absolute Gasteiger partial charge is 0.497 e. The van der Waals surface area contributed by atoms with E-state index in [0.29, 0.717) is 11.3 Å². The van der Waals surface area contributed by atoms with Gasteiger partial charge in [0, 0.05) is 46.9 Å². The molecular formula is C21H35N3O2S. The lowest BCUT2D eigenvalue weighted by Crippen LogP contribution is -2.49. The zero-order chi connectivity index (χ0) is 19.9. The molecule has 1 fully saturated rings. The lowest BCUT2D eigenvalue weighted by atomic mass is 9.84. The summed E-state index contributed by atoms with van der Waals surface area (Å²) in [5.41, 5.74) is 1.21. The van der Waals surface area contributed by atoms with Crippen molar-refractivity contribution in [2.24, 2.45) is 4.99 Å². The van der Waals surface area contributed by atoms with Gasteiger partial charge in [-0.15, -0.1) is 0 Å². The molecule has 5 nitrogen and oxygen atoms in total. The molecule has 6 heteroatoms. The summed E-state index contributed by atoms with van der Waals surface area (Å²) in [6, 6.07) is 8.57. The van der Waals surface area contributed by atoms with E-state index in [4.69, 9.17) is 4.74 Å². The average Bonchev–Trinajstić information content (AvgIpc) is 2.70. The SMILES string of the molecule is CCS(=O)C1CCCC(NC(=NC)NCC(C)(C)c2ccc(OC)cc2)C1. The van der Waals surface area contributed by atoms with Gasteiger partial charge in [0.05, 0.1) is 7.11 Å². The minimum atomic E-state index is -0.707. The predicted molar refractivity (Wildman–Crippen MR) is 115 cm³/mol. The molecule has 0 amide bonds. The first-order valence-corrected chi connectivity index (χ1v) is 11.3. The van der Waals surface area contributed by atoms with Crippen molar-refractivity contribution in [2.75, 3.05) is 26.5 Å². The number of benzene rings is 1. The summed E-state index contributed by atoms with van der Waals surface area (Å²) in [6.45, 7) is 7.22. The molecule has 0 radical (unpaired) electrons. The lowest BCUT2D eigenvalue weighted by molar-refractivity contribution is 0.410. The van der Waals surface area contributed by atoms with E-state index >= 15 is 0 Å². The summed E-state index contributed by atoms with van der Waals surface area (Å²) < 4.78 is 17.4. The molecule has 0 saturated heterocycles. The van der Waals surface area contributed by atoms with Crippen molar-refractivity contribution in [3.63, 3.8) is 0 Å². The maximum atomic E-state index is 12.2. The lowest BCUT2D eigenvalue weighted by Gasteiger charge is -2.32. The van der Waals surface area contributed by atoms with Gasteiger partial charge in [-0.3, -0.25) is 9.20 Å². The molecule has 0 bridgehead atoms. The molecule has 1 aliphatic carbocycles. The van der Waals surface area contributed by atoms with Gasteiger partial charge in [-0.2, -0.15) is 0 Å². The quantitative estimate of drug-likeness (QED) is 0.551. The number of guanidine groups is 1. The normalized spacial score (nSPS) is 22.2. The second-order valence-corrected chi connectivity index (χ2v) is 9.84. The van der Waals surface area contributed by atoms with Crippen LogP contribution in [0.5, 0.6) is 5.75 Å². The van der Waals surface area contributed by atoms with Crippen molar-refractivity contribution in [2.45, 2.75) is 63.2 Å². The van der Waals surface area contributed by atoms with E-state index in [1.807, 2.05) is 19.1 Å². The Labute approximate surface area is 166 Å². The first-order valence-electron chi connectivity index (χ1n) is 9.88. The van der Waals surface area contributed by atoms with E-state index < -0.39 is 10.8 Å². The highest BCUT2D eigenvalue weighted by Crippen LogP contribution is 2.25.